The van der Waals surface area contributed by atoms with E-state index in [-0.39, 0.29) is 18.4 Å². The Labute approximate surface area is 209 Å². The maximum Gasteiger partial charge on any atom is 0.262 e. The van der Waals surface area contributed by atoms with Crippen LogP contribution in [0.25, 0.3) is 0 Å². The van der Waals surface area contributed by atoms with Crippen molar-refractivity contribution in [2.24, 2.45) is 11.0 Å². The molecule has 0 aliphatic carbocycles. The van der Waals surface area contributed by atoms with Gasteiger partial charge in [0.15, 0.2) is 0 Å². The zero-order valence-electron chi connectivity index (χ0n) is 19.4. The third-order valence-corrected chi connectivity index (χ3v) is 5.33. The summed E-state index contributed by atoms with van der Waals surface area (Å²) in [6.45, 7) is 3.96. The zero-order valence-corrected chi connectivity index (χ0v) is 20.1. The third kappa shape index (κ3) is 7.42. The number of nitriles is 1. The fourth-order valence-electron chi connectivity index (χ4n) is 3.17. The van der Waals surface area contributed by atoms with Gasteiger partial charge in [0.25, 0.3) is 11.8 Å². The molecule has 0 saturated carbocycles. The molecule has 35 heavy (non-hydrogen) atoms. The zero-order chi connectivity index (χ0) is 25.2. The molecular formula is C27H25ClN4O3. The molecule has 0 radical (unpaired) electrons. The van der Waals surface area contributed by atoms with Gasteiger partial charge in [0.05, 0.1) is 17.8 Å². The molecule has 0 spiro atoms. The Balaban J connectivity index is 1.65. The summed E-state index contributed by atoms with van der Waals surface area (Å²) >= 11 is 6.13. The van der Waals surface area contributed by atoms with Crippen molar-refractivity contribution in [2.75, 3.05) is 0 Å². The Morgan fingerprint density at radius 1 is 1.09 bits per heavy atom. The second kappa shape index (κ2) is 12.4. The lowest BCUT2D eigenvalue weighted by atomic mass is 10.0. The fraction of sp³-hybridized carbons (Fsp3) is 0.185. The number of hydrazone groups is 1. The van der Waals surface area contributed by atoms with Gasteiger partial charge in [-0.3, -0.25) is 9.59 Å². The van der Waals surface area contributed by atoms with E-state index < -0.39 is 11.9 Å². The van der Waals surface area contributed by atoms with Gasteiger partial charge < -0.3 is 10.1 Å². The van der Waals surface area contributed by atoms with Crippen LogP contribution in [-0.4, -0.2) is 24.1 Å². The topological polar surface area (TPSA) is 104 Å². The fourth-order valence-corrected chi connectivity index (χ4v) is 3.35. The van der Waals surface area contributed by atoms with Gasteiger partial charge in [0.2, 0.25) is 0 Å². The molecule has 1 atom stereocenters. The second-order valence-electron chi connectivity index (χ2n) is 8.07. The molecule has 0 bridgehead atoms. The monoisotopic (exact) mass is 488 g/mol. The molecule has 0 fully saturated rings. The van der Waals surface area contributed by atoms with Crippen LogP contribution in [0, 0.1) is 17.2 Å². The van der Waals surface area contributed by atoms with E-state index in [0.717, 1.165) is 5.56 Å². The smallest absolute Gasteiger partial charge is 0.262 e. The van der Waals surface area contributed by atoms with Crippen LogP contribution in [0.3, 0.4) is 0 Å². The second-order valence-corrected chi connectivity index (χ2v) is 8.51. The van der Waals surface area contributed by atoms with Gasteiger partial charge >= 0.3 is 0 Å². The maximum atomic E-state index is 12.7. The van der Waals surface area contributed by atoms with Gasteiger partial charge in [-0.1, -0.05) is 55.8 Å². The van der Waals surface area contributed by atoms with Crippen LogP contribution in [0.15, 0.2) is 77.9 Å². The lowest BCUT2D eigenvalue weighted by molar-refractivity contribution is -0.123. The molecule has 0 aliphatic heterocycles. The Kier molecular flexibility index (Phi) is 8.99. The number of hydrogen-bond donors (Lipinski definition) is 2. The highest BCUT2D eigenvalue weighted by atomic mass is 35.5. The van der Waals surface area contributed by atoms with Crippen LogP contribution in [0.4, 0.5) is 0 Å². The van der Waals surface area contributed by atoms with Crippen LogP contribution in [0.5, 0.6) is 5.75 Å². The average Bonchev–Trinajstić information content (AvgIpc) is 2.87. The number of nitrogens with one attached hydrogen (secondary N) is 2. The van der Waals surface area contributed by atoms with Gasteiger partial charge in [-0.05, 0) is 53.9 Å². The van der Waals surface area contributed by atoms with Crippen LogP contribution < -0.4 is 15.5 Å². The number of ether oxygens (including phenoxy) is 1. The third-order valence-electron chi connectivity index (χ3n) is 5.10. The first-order valence-electron chi connectivity index (χ1n) is 11.0. The summed E-state index contributed by atoms with van der Waals surface area (Å²) in [7, 11) is 0. The Hall–Kier alpha value is -4.15. The van der Waals surface area contributed by atoms with Gasteiger partial charge in [0, 0.05) is 16.1 Å². The van der Waals surface area contributed by atoms with E-state index >= 15 is 0 Å². The summed E-state index contributed by atoms with van der Waals surface area (Å²) in [6.07, 6.45) is 1.44. The maximum absolute atomic E-state index is 12.7. The van der Waals surface area contributed by atoms with Crippen LogP contribution >= 0.6 is 11.6 Å². The van der Waals surface area contributed by atoms with Gasteiger partial charge in [-0.15, -0.1) is 0 Å². The van der Waals surface area contributed by atoms with Crippen molar-refractivity contribution in [3.63, 3.8) is 0 Å². The van der Waals surface area contributed by atoms with Crippen molar-refractivity contribution >= 4 is 29.6 Å². The number of carbonyl (C=O) groups is 2. The van der Waals surface area contributed by atoms with Crippen LogP contribution in [0.1, 0.15) is 40.9 Å². The van der Waals surface area contributed by atoms with E-state index in [4.69, 9.17) is 21.6 Å². The molecular weight excluding hydrogens is 464 g/mol. The van der Waals surface area contributed by atoms with E-state index in [9.17, 15) is 9.59 Å². The summed E-state index contributed by atoms with van der Waals surface area (Å²) in [5, 5.41) is 16.2. The van der Waals surface area contributed by atoms with Crippen molar-refractivity contribution < 1.29 is 14.3 Å². The van der Waals surface area contributed by atoms with Crippen molar-refractivity contribution in [3.8, 4) is 11.8 Å². The highest BCUT2D eigenvalue weighted by Crippen LogP contribution is 2.22. The predicted molar refractivity (Wildman–Crippen MR) is 135 cm³/mol. The molecule has 1 unspecified atom stereocenters. The highest BCUT2D eigenvalue weighted by Gasteiger charge is 2.24. The van der Waals surface area contributed by atoms with Crippen LogP contribution in [0.2, 0.25) is 5.02 Å². The molecule has 178 valence electrons. The molecule has 2 N–H and O–H groups in total. The van der Waals surface area contributed by atoms with E-state index in [1.165, 1.54) is 6.21 Å². The summed E-state index contributed by atoms with van der Waals surface area (Å²) in [6, 6.07) is 22.2. The minimum Gasteiger partial charge on any atom is -0.488 e. The molecule has 0 heterocycles. The number of benzene rings is 3. The lowest BCUT2D eigenvalue weighted by Gasteiger charge is -2.20. The minimum atomic E-state index is -0.772. The van der Waals surface area contributed by atoms with Gasteiger partial charge in [0.1, 0.15) is 18.4 Å². The van der Waals surface area contributed by atoms with E-state index in [1.807, 2.05) is 32.0 Å². The summed E-state index contributed by atoms with van der Waals surface area (Å²) in [5.74, 6) is -0.413. The first kappa shape index (κ1) is 25.5. The van der Waals surface area contributed by atoms with E-state index in [0.29, 0.717) is 27.5 Å². The molecule has 3 aromatic carbocycles. The number of amides is 2. The lowest BCUT2D eigenvalue weighted by Crippen LogP contribution is -2.48. The van der Waals surface area contributed by atoms with Gasteiger partial charge in [-0.25, -0.2) is 5.43 Å². The van der Waals surface area contributed by atoms with E-state index in [1.54, 1.807) is 54.6 Å². The summed E-state index contributed by atoms with van der Waals surface area (Å²) < 4.78 is 5.89. The quantitative estimate of drug-likeness (QED) is 0.336. The molecule has 8 heteroatoms. The Morgan fingerprint density at radius 2 is 1.80 bits per heavy atom. The summed E-state index contributed by atoms with van der Waals surface area (Å²) in [4.78, 5) is 25.2. The predicted octanol–water partition coefficient (Wildman–Crippen LogP) is 4.70. The van der Waals surface area contributed by atoms with Gasteiger partial charge in [-0.2, -0.15) is 10.4 Å². The largest absolute Gasteiger partial charge is 0.488 e. The Morgan fingerprint density at radius 3 is 2.46 bits per heavy atom. The first-order valence-corrected chi connectivity index (χ1v) is 11.4. The number of rotatable bonds is 9. The number of halogens is 1. The van der Waals surface area contributed by atoms with Crippen LogP contribution in [-0.2, 0) is 11.4 Å². The molecule has 3 aromatic rings. The molecule has 2 amide bonds. The molecule has 0 aromatic heterocycles. The SMILES string of the molecule is CC(C)C(NC(=O)c1ccccc1)C(=O)NN=Cc1cc(Cl)ccc1OCc1ccc(C#N)cc1. The Bertz CT molecular complexity index is 1240. The van der Waals surface area contributed by atoms with Crippen molar-refractivity contribution in [1.29, 1.82) is 5.26 Å². The normalized spacial score (nSPS) is 11.6. The molecule has 0 saturated heterocycles. The number of hydrogen-bond acceptors (Lipinski definition) is 5. The average molecular weight is 489 g/mol. The van der Waals surface area contributed by atoms with Crippen molar-refractivity contribution in [1.82, 2.24) is 10.7 Å². The van der Waals surface area contributed by atoms with Crippen molar-refractivity contribution in [3.05, 3.63) is 100 Å². The minimum absolute atomic E-state index is 0.157. The number of nitrogens with zero attached hydrogens (tertiary/aromatic N) is 2. The standard InChI is InChI=1S/C27H25ClN4O3/c1-18(2)25(31-26(33)21-6-4-3-5-7-21)27(34)32-30-16-22-14-23(28)12-13-24(22)35-17-20-10-8-19(15-29)9-11-20/h3-14,16,18,25H,17H2,1-2H3,(H,31,33)(H,32,34). The number of carbonyl (C=O) groups excluding carboxylic acids is 2. The molecule has 0 aliphatic rings. The molecule has 3 rings (SSSR count). The van der Waals surface area contributed by atoms with E-state index in [2.05, 4.69) is 21.9 Å². The molecule has 7 nitrogen and oxygen atoms in total. The first-order chi connectivity index (χ1) is 16.9. The van der Waals surface area contributed by atoms with Crippen molar-refractivity contribution in [2.45, 2.75) is 26.5 Å². The highest BCUT2D eigenvalue weighted by molar-refractivity contribution is 6.30. The summed E-state index contributed by atoms with van der Waals surface area (Å²) in [5.41, 5.74) is 4.99.